The summed E-state index contributed by atoms with van der Waals surface area (Å²) in [6.07, 6.45) is 68.1. The molecule has 1 rings (SSSR count). The van der Waals surface area contributed by atoms with Crippen LogP contribution in [-0.2, 0) is 14.3 Å². The van der Waals surface area contributed by atoms with Gasteiger partial charge in [-0.2, -0.15) is 0 Å². The first-order chi connectivity index (χ1) is 36.8. The maximum Gasteiger partial charge on any atom is 0.220 e. The fraction of sp³-hybridized carbons (Fsp3) is 0.864. The molecule has 1 aliphatic rings. The van der Waals surface area contributed by atoms with Crippen LogP contribution >= 0.6 is 0 Å². The molecule has 1 saturated heterocycles. The van der Waals surface area contributed by atoms with E-state index < -0.39 is 49.5 Å². The van der Waals surface area contributed by atoms with Gasteiger partial charge in [-0.15, -0.1) is 0 Å². The molecule has 75 heavy (non-hydrogen) atoms. The third kappa shape index (κ3) is 44.7. The molecule has 1 fully saturated rings. The van der Waals surface area contributed by atoms with E-state index in [2.05, 4.69) is 55.6 Å². The van der Waals surface area contributed by atoms with Gasteiger partial charge in [0.2, 0.25) is 5.91 Å². The summed E-state index contributed by atoms with van der Waals surface area (Å²) in [5.74, 6) is -0.189. The van der Waals surface area contributed by atoms with Crippen LogP contribution in [0.5, 0.6) is 0 Å². The van der Waals surface area contributed by atoms with Crippen molar-refractivity contribution < 1.29 is 39.8 Å². The number of carbonyl (C=O) groups excluding carboxylic acids is 1. The van der Waals surface area contributed by atoms with E-state index in [1.165, 1.54) is 238 Å². The fourth-order valence-corrected chi connectivity index (χ4v) is 10.2. The van der Waals surface area contributed by atoms with E-state index in [-0.39, 0.29) is 12.5 Å². The lowest BCUT2D eigenvalue weighted by Crippen LogP contribution is -2.60. The molecule has 1 heterocycles. The highest BCUT2D eigenvalue weighted by molar-refractivity contribution is 5.76. The number of amides is 1. The predicted molar refractivity (Wildman–Crippen MR) is 318 cm³/mol. The molecule has 7 atom stereocenters. The smallest absolute Gasteiger partial charge is 0.220 e. The van der Waals surface area contributed by atoms with Crippen molar-refractivity contribution in [3.8, 4) is 0 Å². The zero-order chi connectivity index (χ0) is 54.3. The Morgan fingerprint density at radius 1 is 0.440 bits per heavy atom. The Morgan fingerprint density at radius 2 is 0.760 bits per heavy atom. The Kier molecular flexibility index (Phi) is 52.6. The molecular formula is C66H123NO8. The van der Waals surface area contributed by atoms with Crippen LogP contribution in [0.2, 0.25) is 0 Å². The highest BCUT2D eigenvalue weighted by Gasteiger charge is 2.44. The van der Waals surface area contributed by atoms with Crippen molar-refractivity contribution in [2.24, 2.45) is 0 Å². The van der Waals surface area contributed by atoms with E-state index in [0.29, 0.717) is 6.42 Å². The van der Waals surface area contributed by atoms with E-state index >= 15 is 0 Å². The first kappa shape index (κ1) is 71.2. The van der Waals surface area contributed by atoms with Crippen molar-refractivity contribution in [2.75, 3.05) is 13.2 Å². The summed E-state index contributed by atoms with van der Waals surface area (Å²) in [5.41, 5.74) is 0. The third-order valence-corrected chi connectivity index (χ3v) is 15.4. The minimum atomic E-state index is -1.57. The van der Waals surface area contributed by atoms with Crippen LogP contribution in [0.1, 0.15) is 309 Å². The van der Waals surface area contributed by atoms with Gasteiger partial charge in [0, 0.05) is 6.42 Å². The lowest BCUT2D eigenvalue weighted by Gasteiger charge is -2.40. The molecule has 0 saturated carbocycles. The summed E-state index contributed by atoms with van der Waals surface area (Å²) in [7, 11) is 0. The van der Waals surface area contributed by atoms with Crippen LogP contribution in [0.3, 0.4) is 0 Å². The van der Waals surface area contributed by atoms with Crippen molar-refractivity contribution in [1.82, 2.24) is 5.32 Å². The van der Waals surface area contributed by atoms with Crippen LogP contribution in [0.15, 0.2) is 48.6 Å². The number of unbranched alkanes of at least 4 members (excludes halogenated alkanes) is 40. The lowest BCUT2D eigenvalue weighted by atomic mass is 9.99. The summed E-state index contributed by atoms with van der Waals surface area (Å²) in [4.78, 5) is 13.0. The molecular weight excluding hydrogens is 935 g/mol. The molecule has 0 aromatic heterocycles. The van der Waals surface area contributed by atoms with Crippen molar-refractivity contribution >= 4 is 5.91 Å². The minimum Gasteiger partial charge on any atom is -0.394 e. The van der Waals surface area contributed by atoms with Gasteiger partial charge in [0.05, 0.1) is 25.4 Å². The zero-order valence-electron chi connectivity index (χ0n) is 49.1. The van der Waals surface area contributed by atoms with Gasteiger partial charge in [-0.05, 0) is 70.6 Å². The fourth-order valence-electron chi connectivity index (χ4n) is 10.2. The second kappa shape index (κ2) is 55.5. The van der Waals surface area contributed by atoms with Crippen molar-refractivity contribution in [3.63, 3.8) is 0 Å². The van der Waals surface area contributed by atoms with Gasteiger partial charge in [0.15, 0.2) is 6.29 Å². The quantitative estimate of drug-likeness (QED) is 0.0261. The van der Waals surface area contributed by atoms with E-state index in [0.717, 1.165) is 51.4 Å². The first-order valence-corrected chi connectivity index (χ1v) is 32.4. The number of hydrogen-bond acceptors (Lipinski definition) is 8. The topological polar surface area (TPSA) is 149 Å². The Hall–Kier alpha value is -1.85. The average molecular weight is 1060 g/mol. The number of carbonyl (C=O) groups is 1. The highest BCUT2D eigenvalue weighted by Crippen LogP contribution is 2.23. The molecule has 0 spiro atoms. The maximum absolute atomic E-state index is 13.0. The lowest BCUT2D eigenvalue weighted by molar-refractivity contribution is -0.302. The van der Waals surface area contributed by atoms with Crippen LogP contribution in [0.4, 0.5) is 0 Å². The highest BCUT2D eigenvalue weighted by atomic mass is 16.7. The van der Waals surface area contributed by atoms with E-state index in [4.69, 9.17) is 9.47 Å². The van der Waals surface area contributed by atoms with Crippen molar-refractivity contribution in [2.45, 2.75) is 352 Å². The van der Waals surface area contributed by atoms with Gasteiger partial charge in [-0.3, -0.25) is 4.79 Å². The van der Waals surface area contributed by atoms with Gasteiger partial charge < -0.3 is 40.3 Å². The van der Waals surface area contributed by atoms with E-state index in [1.807, 2.05) is 6.08 Å². The monoisotopic (exact) mass is 1060 g/mol. The molecule has 9 heteroatoms. The molecule has 7 unspecified atom stereocenters. The molecule has 0 aromatic rings. The second-order valence-electron chi connectivity index (χ2n) is 22.5. The van der Waals surface area contributed by atoms with E-state index in [9.17, 15) is 30.3 Å². The van der Waals surface area contributed by atoms with Gasteiger partial charge in [0.1, 0.15) is 24.4 Å². The van der Waals surface area contributed by atoms with Crippen LogP contribution < -0.4 is 5.32 Å². The predicted octanol–water partition coefficient (Wildman–Crippen LogP) is 16.9. The number of hydrogen-bond donors (Lipinski definition) is 6. The van der Waals surface area contributed by atoms with Gasteiger partial charge in [-0.25, -0.2) is 0 Å². The summed E-state index contributed by atoms with van der Waals surface area (Å²) in [6.45, 7) is 3.74. The molecule has 1 amide bonds. The Bertz CT molecular complexity index is 1320. The number of allylic oxidation sites excluding steroid dienone is 7. The van der Waals surface area contributed by atoms with Gasteiger partial charge in [0.25, 0.3) is 0 Å². The van der Waals surface area contributed by atoms with Crippen molar-refractivity contribution in [1.29, 1.82) is 0 Å². The molecule has 440 valence electrons. The maximum atomic E-state index is 13.0. The van der Waals surface area contributed by atoms with Crippen LogP contribution in [-0.4, -0.2) is 87.5 Å². The summed E-state index contributed by atoms with van der Waals surface area (Å²) >= 11 is 0. The van der Waals surface area contributed by atoms with E-state index in [1.54, 1.807) is 6.08 Å². The molecule has 0 radical (unpaired) electrons. The molecule has 0 aromatic carbocycles. The summed E-state index contributed by atoms with van der Waals surface area (Å²) in [5, 5.41) is 54.4. The van der Waals surface area contributed by atoms with Gasteiger partial charge in [-0.1, -0.05) is 281 Å². The number of ether oxygens (including phenoxy) is 2. The molecule has 9 nitrogen and oxygen atoms in total. The second-order valence-corrected chi connectivity index (χ2v) is 22.5. The Morgan fingerprint density at radius 3 is 1.15 bits per heavy atom. The zero-order valence-corrected chi connectivity index (χ0v) is 49.1. The third-order valence-electron chi connectivity index (χ3n) is 15.4. The number of aliphatic hydroxyl groups excluding tert-OH is 5. The normalized spacial score (nSPS) is 19.2. The number of aliphatic hydroxyl groups is 5. The molecule has 0 bridgehead atoms. The summed E-state index contributed by atoms with van der Waals surface area (Å²) < 4.78 is 11.2. The first-order valence-electron chi connectivity index (χ1n) is 32.4. The minimum absolute atomic E-state index is 0.189. The molecule has 0 aliphatic carbocycles. The van der Waals surface area contributed by atoms with Crippen LogP contribution in [0, 0.1) is 0 Å². The molecule has 1 aliphatic heterocycles. The Labute approximate surface area is 463 Å². The van der Waals surface area contributed by atoms with Crippen LogP contribution in [0.25, 0.3) is 0 Å². The molecule has 6 N–H and O–H groups in total. The Balaban J connectivity index is 2.04. The largest absolute Gasteiger partial charge is 0.394 e. The van der Waals surface area contributed by atoms with Crippen molar-refractivity contribution in [3.05, 3.63) is 48.6 Å². The SMILES string of the molecule is CCCCC/C=C/CC/C=C/CC/C=C/C(O)C(COC1OC(CO)C(O)C(O)C1O)NC(=O)CCCCCCCCCCCCCCCCCCC/C=C\CCCCCCCCCCCCCCCCCCCC. The number of rotatable bonds is 56. The summed E-state index contributed by atoms with van der Waals surface area (Å²) in [6, 6.07) is -0.827. The van der Waals surface area contributed by atoms with Gasteiger partial charge >= 0.3 is 0 Å². The standard InChI is InChI=1S/C66H123NO8/c1-3-5-7-9-11-13-15-17-18-19-20-21-22-23-24-25-26-27-28-29-30-31-32-33-34-35-36-37-38-39-40-41-42-44-46-48-50-52-54-56-62(70)67-59(58-74-66-65(73)64(72)63(71)61(57-68)75-66)60(69)55-53-51-49-47-45-43-16-14-12-10-8-6-4-2/h12,14,29-30,45,47,53,55,59-61,63-66,68-69,71-73H,3-11,13,15-28,31-44,46,48-52,54,56-58H2,1-2H3,(H,67,70)/b14-12+,30-29-,47-45+,55-53+. The number of nitrogens with one attached hydrogen (secondary N) is 1. The average Bonchev–Trinajstić information content (AvgIpc) is 3.41.